The van der Waals surface area contributed by atoms with Crippen molar-refractivity contribution in [3.8, 4) is 6.07 Å². The quantitative estimate of drug-likeness (QED) is 0.765. The summed E-state index contributed by atoms with van der Waals surface area (Å²) in [5.41, 5.74) is 0.254. The molecular weight excluding hydrogens is 233 g/mol. The lowest BCUT2D eigenvalue weighted by Crippen LogP contribution is -2.14. The van der Waals surface area contributed by atoms with E-state index in [1.807, 2.05) is 0 Å². The predicted octanol–water partition coefficient (Wildman–Crippen LogP) is 2.65. The minimum atomic E-state index is -1.12. The molecular formula is C11H9ClFNO2. The molecule has 3 nitrogen and oxygen atoms in total. The number of hydrogen-bond donors (Lipinski definition) is 0. The van der Waals surface area contributed by atoms with Crippen LogP contribution in [0.1, 0.15) is 18.4 Å². The predicted molar refractivity (Wildman–Crippen MR) is 56.4 cm³/mol. The van der Waals surface area contributed by atoms with Crippen molar-refractivity contribution >= 4 is 17.6 Å². The molecule has 1 aromatic carbocycles. The van der Waals surface area contributed by atoms with E-state index in [2.05, 4.69) is 0 Å². The number of hydrogen-bond acceptors (Lipinski definition) is 3. The number of benzene rings is 1. The molecule has 0 saturated carbocycles. The third-order valence-electron chi connectivity index (χ3n) is 1.92. The van der Waals surface area contributed by atoms with Crippen LogP contribution in [0.3, 0.4) is 0 Å². The second kappa shape index (κ2) is 5.47. The number of carbonyl (C=O) groups excluding carboxylic acids is 1. The Morgan fingerprint density at radius 3 is 2.88 bits per heavy atom. The van der Waals surface area contributed by atoms with Crippen LogP contribution >= 0.6 is 11.6 Å². The van der Waals surface area contributed by atoms with Crippen molar-refractivity contribution in [3.63, 3.8) is 0 Å². The van der Waals surface area contributed by atoms with Gasteiger partial charge in [0.2, 0.25) is 0 Å². The van der Waals surface area contributed by atoms with Gasteiger partial charge in [-0.15, -0.1) is 0 Å². The van der Waals surface area contributed by atoms with Gasteiger partial charge < -0.3 is 4.74 Å². The maximum absolute atomic E-state index is 12.8. The van der Waals surface area contributed by atoms with E-state index < -0.39 is 17.7 Å². The van der Waals surface area contributed by atoms with E-state index in [0.717, 1.165) is 12.1 Å². The zero-order valence-electron chi connectivity index (χ0n) is 8.54. The molecule has 0 aromatic heterocycles. The summed E-state index contributed by atoms with van der Waals surface area (Å²) < 4.78 is 17.5. The molecule has 0 radical (unpaired) electrons. The summed E-state index contributed by atoms with van der Waals surface area (Å²) in [6.07, 6.45) is 0. The van der Waals surface area contributed by atoms with Crippen molar-refractivity contribution in [2.45, 2.75) is 12.8 Å². The number of esters is 1. The standard InChI is InChI=1S/C11H9ClFNO2/c1-2-16-11(15)9(6-14)8-4-3-7(13)5-10(8)12/h3-5,9H,2H2,1H3. The van der Waals surface area contributed by atoms with E-state index in [4.69, 9.17) is 21.6 Å². The Bertz CT molecular complexity index is 442. The molecule has 1 atom stereocenters. The molecule has 0 amide bonds. The first-order valence-corrected chi connectivity index (χ1v) is 4.99. The highest BCUT2D eigenvalue weighted by Gasteiger charge is 2.24. The fraction of sp³-hybridized carbons (Fsp3) is 0.273. The van der Waals surface area contributed by atoms with Crippen LogP contribution in [0, 0.1) is 17.1 Å². The van der Waals surface area contributed by atoms with Gasteiger partial charge in [-0.3, -0.25) is 4.79 Å². The summed E-state index contributed by atoms with van der Waals surface area (Å²) in [5.74, 6) is -2.32. The van der Waals surface area contributed by atoms with Gasteiger partial charge in [-0.2, -0.15) is 5.26 Å². The monoisotopic (exact) mass is 241 g/mol. The number of rotatable bonds is 3. The number of nitrogens with zero attached hydrogens (tertiary/aromatic N) is 1. The maximum atomic E-state index is 12.8. The van der Waals surface area contributed by atoms with Gasteiger partial charge in [0.25, 0.3) is 0 Å². The molecule has 0 heterocycles. The minimum absolute atomic E-state index is 0.0413. The number of carbonyl (C=O) groups is 1. The first-order chi connectivity index (χ1) is 7.60. The third kappa shape index (κ3) is 2.71. The average molecular weight is 242 g/mol. The molecule has 0 fully saturated rings. The smallest absolute Gasteiger partial charge is 0.327 e. The molecule has 0 saturated heterocycles. The van der Waals surface area contributed by atoms with E-state index in [-0.39, 0.29) is 17.2 Å². The van der Waals surface area contributed by atoms with Crippen molar-refractivity contribution < 1.29 is 13.9 Å². The Hall–Kier alpha value is -1.60. The lowest BCUT2D eigenvalue weighted by molar-refractivity contribution is -0.143. The van der Waals surface area contributed by atoms with Crippen molar-refractivity contribution in [3.05, 3.63) is 34.6 Å². The molecule has 0 N–H and O–H groups in total. The van der Waals surface area contributed by atoms with E-state index in [1.165, 1.54) is 6.07 Å². The Balaban J connectivity index is 3.05. The van der Waals surface area contributed by atoms with Gasteiger partial charge in [0, 0.05) is 5.02 Å². The van der Waals surface area contributed by atoms with Crippen LogP contribution in [0.25, 0.3) is 0 Å². The molecule has 0 aliphatic rings. The second-order valence-electron chi connectivity index (χ2n) is 2.98. The van der Waals surface area contributed by atoms with Gasteiger partial charge in [0.15, 0.2) is 5.92 Å². The highest BCUT2D eigenvalue weighted by atomic mass is 35.5. The topological polar surface area (TPSA) is 50.1 Å². The number of ether oxygens (including phenoxy) is 1. The molecule has 1 rings (SSSR count). The van der Waals surface area contributed by atoms with Crippen LogP contribution in [0.4, 0.5) is 4.39 Å². The van der Waals surface area contributed by atoms with Crippen LogP contribution in [0.2, 0.25) is 5.02 Å². The highest BCUT2D eigenvalue weighted by Crippen LogP contribution is 2.26. The van der Waals surface area contributed by atoms with Crippen molar-refractivity contribution in [2.24, 2.45) is 0 Å². The van der Waals surface area contributed by atoms with Crippen molar-refractivity contribution in [1.29, 1.82) is 5.26 Å². The number of halogens is 2. The number of nitriles is 1. The van der Waals surface area contributed by atoms with Crippen LogP contribution in [-0.4, -0.2) is 12.6 Å². The SMILES string of the molecule is CCOC(=O)C(C#N)c1ccc(F)cc1Cl. The van der Waals surface area contributed by atoms with Gasteiger partial charge >= 0.3 is 5.97 Å². The Morgan fingerprint density at radius 1 is 1.69 bits per heavy atom. The summed E-state index contributed by atoms with van der Waals surface area (Å²) in [6.45, 7) is 1.81. The second-order valence-corrected chi connectivity index (χ2v) is 3.39. The van der Waals surface area contributed by atoms with Crippen molar-refractivity contribution in [2.75, 3.05) is 6.61 Å². The normalized spacial score (nSPS) is 11.6. The van der Waals surface area contributed by atoms with E-state index in [1.54, 1.807) is 13.0 Å². The molecule has 84 valence electrons. The molecule has 5 heteroatoms. The minimum Gasteiger partial charge on any atom is -0.465 e. The summed E-state index contributed by atoms with van der Waals surface area (Å²) in [6, 6.07) is 5.29. The molecule has 16 heavy (non-hydrogen) atoms. The highest BCUT2D eigenvalue weighted by molar-refractivity contribution is 6.31. The van der Waals surface area contributed by atoms with Crippen molar-refractivity contribution in [1.82, 2.24) is 0 Å². The van der Waals surface area contributed by atoms with Gasteiger partial charge in [0.05, 0.1) is 12.7 Å². The van der Waals surface area contributed by atoms with E-state index in [0.29, 0.717) is 0 Å². The average Bonchev–Trinajstić information content (AvgIpc) is 2.22. The molecule has 0 spiro atoms. The fourth-order valence-electron chi connectivity index (χ4n) is 1.21. The van der Waals surface area contributed by atoms with E-state index in [9.17, 15) is 9.18 Å². The van der Waals surface area contributed by atoms with Crippen LogP contribution in [-0.2, 0) is 9.53 Å². The molecule has 0 bridgehead atoms. The Labute approximate surface area is 97.4 Å². The van der Waals surface area contributed by atoms with Crippen LogP contribution in [0.15, 0.2) is 18.2 Å². The largest absolute Gasteiger partial charge is 0.465 e. The summed E-state index contributed by atoms with van der Waals surface area (Å²) >= 11 is 5.75. The molecule has 0 aliphatic carbocycles. The maximum Gasteiger partial charge on any atom is 0.327 e. The third-order valence-corrected chi connectivity index (χ3v) is 2.25. The van der Waals surface area contributed by atoms with Crippen LogP contribution in [0.5, 0.6) is 0 Å². The van der Waals surface area contributed by atoms with Gasteiger partial charge in [0.1, 0.15) is 5.82 Å². The Kier molecular flexibility index (Phi) is 4.27. The molecule has 0 aliphatic heterocycles. The van der Waals surface area contributed by atoms with E-state index >= 15 is 0 Å². The first-order valence-electron chi connectivity index (χ1n) is 4.61. The fourth-order valence-corrected chi connectivity index (χ4v) is 1.49. The van der Waals surface area contributed by atoms with Gasteiger partial charge in [-0.25, -0.2) is 4.39 Å². The summed E-state index contributed by atoms with van der Waals surface area (Å²) in [5, 5.41) is 8.91. The lowest BCUT2D eigenvalue weighted by Gasteiger charge is -2.10. The van der Waals surface area contributed by atoms with Gasteiger partial charge in [-0.1, -0.05) is 17.7 Å². The zero-order chi connectivity index (χ0) is 12.1. The Morgan fingerprint density at radius 2 is 2.38 bits per heavy atom. The first kappa shape index (κ1) is 12.5. The summed E-state index contributed by atoms with van der Waals surface area (Å²) in [4.78, 5) is 11.4. The zero-order valence-corrected chi connectivity index (χ0v) is 9.29. The summed E-state index contributed by atoms with van der Waals surface area (Å²) in [7, 11) is 0. The van der Waals surface area contributed by atoms with Gasteiger partial charge in [-0.05, 0) is 24.6 Å². The lowest BCUT2D eigenvalue weighted by atomic mass is 10.0. The molecule has 1 unspecified atom stereocenters. The van der Waals surface area contributed by atoms with Crippen LogP contribution < -0.4 is 0 Å². The molecule has 1 aromatic rings.